The van der Waals surface area contributed by atoms with Gasteiger partial charge in [-0.15, -0.1) is 12.6 Å². The van der Waals surface area contributed by atoms with Crippen LogP contribution in [-0.4, -0.2) is 26.9 Å². The summed E-state index contributed by atoms with van der Waals surface area (Å²) in [6, 6.07) is 0. The highest BCUT2D eigenvalue weighted by Gasteiger charge is 2.36. The molecule has 0 aliphatic carbocycles. The normalized spacial score (nSPS) is 13.3. The summed E-state index contributed by atoms with van der Waals surface area (Å²) in [7, 11) is 0. The predicted molar refractivity (Wildman–Crippen MR) is 134 cm³/mol. The second-order valence-electron chi connectivity index (χ2n) is 9.37. The van der Waals surface area contributed by atoms with Crippen molar-refractivity contribution in [2.24, 2.45) is 0 Å². The quantitative estimate of drug-likeness (QED) is 0.102. The van der Waals surface area contributed by atoms with Crippen molar-refractivity contribution >= 4 is 23.7 Å². The Balaban J connectivity index is 3.31. The van der Waals surface area contributed by atoms with Crippen molar-refractivity contribution in [1.29, 1.82) is 0 Å². The molecule has 0 aliphatic rings. The average Bonchev–Trinajstić information content (AvgIpc) is 2.71. The molecule has 2 N–H and O–H groups in total. The highest BCUT2D eigenvalue weighted by Crippen LogP contribution is 2.22. The Morgan fingerprint density at radius 2 is 0.903 bits per heavy atom. The van der Waals surface area contributed by atoms with Gasteiger partial charge >= 0.3 is 5.97 Å². The number of hydrogen-bond donors (Lipinski definition) is 3. The summed E-state index contributed by atoms with van der Waals surface area (Å²) in [5, 5.41) is 18.6. The minimum atomic E-state index is -1.95. The van der Waals surface area contributed by atoms with Gasteiger partial charge in [0.25, 0.3) is 0 Å². The van der Waals surface area contributed by atoms with Crippen LogP contribution >= 0.6 is 12.6 Å². The maximum Gasteiger partial charge on any atom is 0.336 e. The van der Waals surface area contributed by atoms with Crippen LogP contribution in [0.1, 0.15) is 148 Å². The molecule has 0 amide bonds. The molecule has 0 aromatic carbocycles. The van der Waals surface area contributed by atoms with Crippen LogP contribution in [0.3, 0.4) is 0 Å². The van der Waals surface area contributed by atoms with Crippen molar-refractivity contribution in [3.05, 3.63) is 0 Å². The van der Waals surface area contributed by atoms with E-state index in [4.69, 9.17) is 5.11 Å². The number of carbonyl (C=O) groups is 2. The lowest BCUT2D eigenvalue weighted by Gasteiger charge is -2.21. The molecule has 4 nitrogen and oxygen atoms in total. The van der Waals surface area contributed by atoms with Gasteiger partial charge in [0.2, 0.25) is 0 Å². The molecule has 0 spiro atoms. The van der Waals surface area contributed by atoms with Crippen molar-refractivity contribution in [2.75, 3.05) is 0 Å². The molecular weight excluding hydrogens is 408 g/mol. The highest BCUT2D eigenvalue weighted by molar-refractivity contribution is 7.96. The zero-order valence-electron chi connectivity index (χ0n) is 20.2. The Morgan fingerprint density at radius 1 is 0.613 bits per heavy atom. The standard InChI is InChI=1S/C26H50O4S/c1-2-3-4-5-6-7-8-9-10-11-12-13-14-15-16-17-18-19-20-21-22-26(30,25(28)29)23-24(27)31/h30H,2-23H2,1H3,(H,27,31)(H,28,29). The summed E-state index contributed by atoms with van der Waals surface area (Å²) >= 11 is 3.59. The fourth-order valence-electron chi connectivity index (χ4n) is 4.19. The number of carboxylic acid groups (broad SMARTS) is 1. The lowest BCUT2D eigenvalue weighted by Crippen LogP contribution is -2.39. The number of aliphatic carboxylic acids is 1. The van der Waals surface area contributed by atoms with Crippen molar-refractivity contribution < 1.29 is 19.8 Å². The fourth-order valence-corrected chi connectivity index (χ4v) is 4.46. The monoisotopic (exact) mass is 458 g/mol. The lowest BCUT2D eigenvalue weighted by molar-refractivity contribution is -0.161. The SMILES string of the molecule is CCCCCCCCCCCCCCCCCCCCCCC(O)(CC(=O)S)C(=O)O. The number of aliphatic hydroxyl groups is 1. The molecule has 31 heavy (non-hydrogen) atoms. The zero-order valence-corrected chi connectivity index (χ0v) is 21.1. The lowest BCUT2D eigenvalue weighted by atomic mass is 9.92. The van der Waals surface area contributed by atoms with E-state index in [1.54, 1.807) is 0 Å². The smallest absolute Gasteiger partial charge is 0.336 e. The van der Waals surface area contributed by atoms with E-state index in [9.17, 15) is 14.7 Å². The number of thiol groups is 1. The molecule has 0 bridgehead atoms. The van der Waals surface area contributed by atoms with Crippen LogP contribution in [0.25, 0.3) is 0 Å². The maximum atomic E-state index is 11.2. The molecule has 184 valence electrons. The van der Waals surface area contributed by atoms with Gasteiger partial charge in [0.05, 0.1) is 6.42 Å². The van der Waals surface area contributed by atoms with Crippen molar-refractivity contribution in [3.63, 3.8) is 0 Å². The van der Waals surface area contributed by atoms with E-state index in [1.165, 1.54) is 103 Å². The van der Waals surface area contributed by atoms with Gasteiger partial charge in [-0.2, -0.15) is 0 Å². The number of rotatable bonds is 24. The van der Waals surface area contributed by atoms with Gasteiger partial charge in [0.15, 0.2) is 10.7 Å². The van der Waals surface area contributed by atoms with Gasteiger partial charge in [-0.05, 0) is 12.8 Å². The molecule has 0 aliphatic heterocycles. The summed E-state index contributed by atoms with van der Waals surface area (Å²) in [4.78, 5) is 22.2. The summed E-state index contributed by atoms with van der Waals surface area (Å²) < 4.78 is 0. The molecule has 0 saturated heterocycles. The molecule has 5 heteroatoms. The van der Waals surface area contributed by atoms with Crippen molar-refractivity contribution in [3.8, 4) is 0 Å². The van der Waals surface area contributed by atoms with E-state index in [-0.39, 0.29) is 6.42 Å². The minimum Gasteiger partial charge on any atom is -0.479 e. The fraction of sp³-hybridized carbons (Fsp3) is 0.923. The summed E-state index contributed by atoms with van der Waals surface area (Å²) in [6.45, 7) is 2.27. The molecule has 1 atom stereocenters. The molecule has 0 aromatic heterocycles. The van der Waals surface area contributed by atoms with E-state index in [0.29, 0.717) is 6.42 Å². The Kier molecular flexibility index (Phi) is 20.9. The van der Waals surface area contributed by atoms with Gasteiger partial charge in [-0.3, -0.25) is 4.79 Å². The van der Waals surface area contributed by atoms with E-state index < -0.39 is 23.1 Å². The van der Waals surface area contributed by atoms with E-state index in [0.717, 1.165) is 19.3 Å². The average molecular weight is 459 g/mol. The first-order chi connectivity index (χ1) is 14.9. The Hall–Kier alpha value is -0.550. The maximum absolute atomic E-state index is 11.2. The van der Waals surface area contributed by atoms with Crippen LogP contribution in [0, 0.1) is 0 Å². The third-order valence-electron chi connectivity index (χ3n) is 6.29. The van der Waals surface area contributed by atoms with Crippen LogP contribution in [-0.2, 0) is 9.59 Å². The van der Waals surface area contributed by atoms with E-state index >= 15 is 0 Å². The zero-order chi connectivity index (χ0) is 23.2. The first-order valence-corrected chi connectivity index (χ1v) is 13.5. The molecule has 0 aromatic rings. The van der Waals surface area contributed by atoms with Crippen LogP contribution in [0.5, 0.6) is 0 Å². The number of unbranched alkanes of at least 4 members (excludes halogenated alkanes) is 19. The second kappa shape index (κ2) is 21.3. The van der Waals surface area contributed by atoms with E-state index in [1.807, 2.05) is 0 Å². The number of hydrogen-bond acceptors (Lipinski definition) is 3. The topological polar surface area (TPSA) is 74.6 Å². The minimum absolute atomic E-state index is 0.119. The van der Waals surface area contributed by atoms with Gasteiger partial charge in [-0.1, -0.05) is 129 Å². The van der Waals surface area contributed by atoms with Gasteiger partial charge in [-0.25, -0.2) is 4.79 Å². The first kappa shape index (κ1) is 30.4. The van der Waals surface area contributed by atoms with Gasteiger partial charge < -0.3 is 10.2 Å². The largest absolute Gasteiger partial charge is 0.479 e. The van der Waals surface area contributed by atoms with E-state index in [2.05, 4.69) is 19.6 Å². The molecule has 1 unspecified atom stereocenters. The summed E-state index contributed by atoms with van der Waals surface area (Å²) in [5.74, 6) is -1.33. The van der Waals surface area contributed by atoms with Crippen LogP contribution < -0.4 is 0 Å². The van der Waals surface area contributed by atoms with Crippen molar-refractivity contribution in [2.45, 2.75) is 154 Å². The Labute approximate surface area is 197 Å². The highest BCUT2D eigenvalue weighted by atomic mass is 32.1. The molecular formula is C26H50O4S. The van der Waals surface area contributed by atoms with Gasteiger partial charge in [0.1, 0.15) is 0 Å². The summed E-state index contributed by atoms with van der Waals surface area (Å²) in [5.41, 5.74) is -1.95. The number of carbonyl (C=O) groups excluding carboxylic acids is 1. The number of carboxylic acids is 1. The van der Waals surface area contributed by atoms with Crippen LogP contribution in [0.2, 0.25) is 0 Å². The Bertz CT molecular complexity index is 441. The molecule has 0 saturated carbocycles. The third-order valence-corrected chi connectivity index (χ3v) is 6.44. The first-order valence-electron chi connectivity index (χ1n) is 13.1. The second-order valence-corrected chi connectivity index (χ2v) is 9.87. The third kappa shape index (κ3) is 19.8. The Morgan fingerprint density at radius 3 is 1.16 bits per heavy atom. The molecule has 0 heterocycles. The molecule has 0 radical (unpaired) electrons. The van der Waals surface area contributed by atoms with Crippen molar-refractivity contribution in [1.82, 2.24) is 0 Å². The van der Waals surface area contributed by atoms with Gasteiger partial charge in [0, 0.05) is 0 Å². The molecule has 0 fully saturated rings. The van der Waals surface area contributed by atoms with Crippen LogP contribution in [0.4, 0.5) is 0 Å². The van der Waals surface area contributed by atoms with Crippen LogP contribution in [0.15, 0.2) is 0 Å². The predicted octanol–water partition coefficient (Wildman–Crippen LogP) is 7.86. The molecule has 0 rings (SSSR count). The summed E-state index contributed by atoms with van der Waals surface area (Å²) in [6.07, 6.45) is 25.5.